The van der Waals surface area contributed by atoms with E-state index in [0.29, 0.717) is 0 Å². The van der Waals surface area contributed by atoms with Gasteiger partial charge in [-0.3, -0.25) is 9.69 Å². The van der Waals surface area contributed by atoms with Crippen LogP contribution < -0.4 is 5.32 Å². The normalized spacial score (nSPS) is 18.6. The fourth-order valence-electron chi connectivity index (χ4n) is 4.46. The van der Waals surface area contributed by atoms with E-state index < -0.39 is 0 Å². The molecular formula is C25H32N2O. The molecule has 148 valence electrons. The first-order valence-corrected chi connectivity index (χ1v) is 10.8. The van der Waals surface area contributed by atoms with Crippen LogP contribution in [0.1, 0.15) is 71.8 Å². The summed E-state index contributed by atoms with van der Waals surface area (Å²) in [5.74, 6) is 0.862. The molecule has 28 heavy (non-hydrogen) atoms. The first-order chi connectivity index (χ1) is 13.6. The lowest BCUT2D eigenvalue weighted by Crippen LogP contribution is -2.32. The lowest BCUT2D eigenvalue weighted by atomic mass is 9.98. The van der Waals surface area contributed by atoms with Gasteiger partial charge in [0, 0.05) is 12.1 Å². The molecule has 1 aliphatic heterocycles. The summed E-state index contributed by atoms with van der Waals surface area (Å²) in [6.07, 6.45) is 6.20. The third kappa shape index (κ3) is 4.47. The van der Waals surface area contributed by atoms with Gasteiger partial charge in [-0.05, 0) is 92.4 Å². The number of nitrogens with zero attached hydrogens (tertiary/aromatic N) is 1. The van der Waals surface area contributed by atoms with E-state index in [1.165, 1.54) is 67.4 Å². The van der Waals surface area contributed by atoms with Crippen molar-refractivity contribution in [2.24, 2.45) is 5.92 Å². The quantitative estimate of drug-likeness (QED) is 0.805. The number of rotatable bonds is 5. The minimum Gasteiger partial charge on any atom is -0.346 e. The van der Waals surface area contributed by atoms with Crippen LogP contribution in [0.3, 0.4) is 0 Å². The maximum atomic E-state index is 12.7. The second kappa shape index (κ2) is 8.48. The Bertz CT molecular complexity index is 819. The fourth-order valence-corrected chi connectivity index (χ4v) is 4.46. The molecule has 2 aromatic carbocycles. The van der Waals surface area contributed by atoms with Crippen LogP contribution in [0.25, 0.3) is 0 Å². The molecule has 0 spiro atoms. The highest BCUT2D eigenvalue weighted by atomic mass is 16.1. The van der Waals surface area contributed by atoms with E-state index in [1.807, 2.05) is 12.1 Å². The van der Waals surface area contributed by atoms with Crippen molar-refractivity contribution in [3.05, 3.63) is 70.3 Å². The summed E-state index contributed by atoms with van der Waals surface area (Å²) in [5.41, 5.74) is 6.16. The summed E-state index contributed by atoms with van der Waals surface area (Å²) in [4.78, 5) is 15.2. The van der Waals surface area contributed by atoms with Crippen molar-refractivity contribution in [1.29, 1.82) is 0 Å². The molecule has 2 aromatic rings. The van der Waals surface area contributed by atoms with Gasteiger partial charge in [0.25, 0.3) is 5.91 Å². The first kappa shape index (κ1) is 19.2. The van der Waals surface area contributed by atoms with Crippen LogP contribution in [0.5, 0.6) is 0 Å². The summed E-state index contributed by atoms with van der Waals surface area (Å²) >= 11 is 0. The molecule has 1 atom stereocenters. The lowest BCUT2D eigenvalue weighted by Gasteiger charge is -2.30. The molecule has 0 radical (unpaired) electrons. The van der Waals surface area contributed by atoms with Gasteiger partial charge in [0.2, 0.25) is 0 Å². The van der Waals surface area contributed by atoms with E-state index in [-0.39, 0.29) is 11.9 Å². The largest absolute Gasteiger partial charge is 0.346 e. The fraction of sp³-hybridized carbons (Fsp3) is 0.480. The number of aryl methyl sites for hydroxylation is 2. The molecule has 1 unspecified atom stereocenters. The Kier molecular flexibility index (Phi) is 5.82. The van der Waals surface area contributed by atoms with E-state index >= 15 is 0 Å². The van der Waals surface area contributed by atoms with Crippen LogP contribution in [0.4, 0.5) is 0 Å². The van der Waals surface area contributed by atoms with Crippen molar-refractivity contribution in [3.8, 4) is 0 Å². The molecule has 0 bridgehead atoms. The summed E-state index contributed by atoms with van der Waals surface area (Å²) < 4.78 is 0. The average Bonchev–Trinajstić information content (AvgIpc) is 3.18. The first-order valence-electron chi connectivity index (χ1n) is 10.8. The zero-order valence-electron chi connectivity index (χ0n) is 17.2. The number of amides is 1. The van der Waals surface area contributed by atoms with Crippen LogP contribution >= 0.6 is 0 Å². The van der Waals surface area contributed by atoms with E-state index in [9.17, 15) is 4.79 Å². The number of carbonyl (C=O) groups excluding carboxylic acids is 1. The number of hydrogen-bond donors (Lipinski definition) is 1. The highest BCUT2D eigenvalue weighted by molar-refractivity contribution is 5.94. The number of likely N-dealkylation sites (tertiary alicyclic amines) is 1. The predicted octanol–water partition coefficient (Wildman–Crippen LogP) is 4.90. The molecule has 0 aromatic heterocycles. The van der Waals surface area contributed by atoms with E-state index in [0.717, 1.165) is 18.0 Å². The molecular weight excluding hydrogens is 344 g/mol. The van der Waals surface area contributed by atoms with Crippen LogP contribution in [0, 0.1) is 5.92 Å². The molecule has 0 saturated carbocycles. The second-order valence-corrected chi connectivity index (χ2v) is 8.73. The molecule has 1 saturated heterocycles. The Morgan fingerprint density at radius 2 is 1.79 bits per heavy atom. The highest BCUT2D eigenvalue weighted by Crippen LogP contribution is 2.25. The Balaban J connectivity index is 1.34. The SMILES string of the molecule is CC1CCN(Cc2ccc(C(=O)NC(C)c3ccc4c(c3)CCC4)cc2)CC1. The molecule has 1 fully saturated rings. The molecule has 1 heterocycles. The van der Waals surface area contributed by atoms with Crippen molar-refractivity contribution in [1.82, 2.24) is 10.2 Å². The topological polar surface area (TPSA) is 32.3 Å². The monoisotopic (exact) mass is 376 g/mol. The Labute approximate surface area is 169 Å². The van der Waals surface area contributed by atoms with Crippen molar-refractivity contribution >= 4 is 5.91 Å². The zero-order valence-corrected chi connectivity index (χ0v) is 17.2. The molecule has 4 rings (SSSR count). The van der Waals surface area contributed by atoms with Crippen molar-refractivity contribution < 1.29 is 4.79 Å². The minimum absolute atomic E-state index is 0.00588. The van der Waals surface area contributed by atoms with Crippen LogP contribution in [-0.2, 0) is 19.4 Å². The predicted molar refractivity (Wildman–Crippen MR) is 114 cm³/mol. The summed E-state index contributed by atoms with van der Waals surface area (Å²) in [6.45, 7) is 7.76. The summed E-state index contributed by atoms with van der Waals surface area (Å²) in [7, 11) is 0. The van der Waals surface area contributed by atoms with Gasteiger partial charge in [0.05, 0.1) is 6.04 Å². The van der Waals surface area contributed by atoms with Gasteiger partial charge in [-0.15, -0.1) is 0 Å². The molecule has 1 aliphatic carbocycles. The standard InChI is InChI=1S/C25H32N2O/c1-18-12-14-27(15-13-18)17-20-6-8-22(9-7-20)25(28)26-19(2)23-11-10-21-4-3-5-24(21)16-23/h6-11,16,18-19H,3-5,12-15,17H2,1-2H3,(H,26,28). The highest BCUT2D eigenvalue weighted by Gasteiger charge is 2.17. The third-order valence-corrected chi connectivity index (χ3v) is 6.47. The zero-order chi connectivity index (χ0) is 19.5. The molecule has 1 N–H and O–H groups in total. The van der Waals surface area contributed by atoms with Crippen molar-refractivity contribution in [3.63, 3.8) is 0 Å². The third-order valence-electron chi connectivity index (χ3n) is 6.47. The number of hydrogen-bond acceptors (Lipinski definition) is 2. The Hall–Kier alpha value is -2.13. The van der Waals surface area contributed by atoms with Crippen molar-refractivity contribution in [2.45, 2.75) is 58.5 Å². The van der Waals surface area contributed by atoms with Gasteiger partial charge in [0.15, 0.2) is 0 Å². The smallest absolute Gasteiger partial charge is 0.251 e. The lowest BCUT2D eigenvalue weighted by molar-refractivity contribution is 0.0940. The van der Waals surface area contributed by atoms with Crippen LogP contribution in [0.15, 0.2) is 42.5 Å². The number of fused-ring (bicyclic) bond motifs is 1. The molecule has 1 amide bonds. The Morgan fingerprint density at radius 3 is 2.54 bits per heavy atom. The van der Waals surface area contributed by atoms with Gasteiger partial charge in [-0.2, -0.15) is 0 Å². The van der Waals surface area contributed by atoms with Gasteiger partial charge in [0.1, 0.15) is 0 Å². The minimum atomic E-state index is 0.00588. The van der Waals surface area contributed by atoms with Crippen LogP contribution in [0.2, 0.25) is 0 Å². The molecule has 3 heteroatoms. The number of piperidine rings is 1. The average molecular weight is 377 g/mol. The van der Waals surface area contributed by atoms with Crippen molar-refractivity contribution in [2.75, 3.05) is 13.1 Å². The summed E-state index contributed by atoms with van der Waals surface area (Å²) in [6, 6.07) is 14.8. The van der Waals surface area contributed by atoms with Gasteiger partial charge in [-0.1, -0.05) is 37.3 Å². The maximum absolute atomic E-state index is 12.7. The van der Waals surface area contributed by atoms with E-state index in [1.54, 1.807) is 0 Å². The van der Waals surface area contributed by atoms with Gasteiger partial charge < -0.3 is 5.32 Å². The Morgan fingerprint density at radius 1 is 1.07 bits per heavy atom. The maximum Gasteiger partial charge on any atom is 0.251 e. The molecule has 3 nitrogen and oxygen atoms in total. The van der Waals surface area contributed by atoms with E-state index in [4.69, 9.17) is 0 Å². The van der Waals surface area contributed by atoms with Gasteiger partial charge in [-0.25, -0.2) is 0 Å². The van der Waals surface area contributed by atoms with Gasteiger partial charge >= 0.3 is 0 Å². The number of carbonyl (C=O) groups is 1. The number of benzene rings is 2. The molecule has 2 aliphatic rings. The van der Waals surface area contributed by atoms with E-state index in [2.05, 4.69) is 54.4 Å². The van der Waals surface area contributed by atoms with Crippen LogP contribution in [-0.4, -0.2) is 23.9 Å². The summed E-state index contributed by atoms with van der Waals surface area (Å²) in [5, 5.41) is 3.16. The second-order valence-electron chi connectivity index (χ2n) is 8.73. The number of nitrogens with one attached hydrogen (secondary N) is 1.